The molecule has 2 N–H and O–H groups in total. The van der Waals surface area contributed by atoms with Crippen LogP contribution in [0, 0.1) is 0 Å². The summed E-state index contributed by atoms with van der Waals surface area (Å²) in [6.45, 7) is 4.84. The molecule has 2 amide bonds. The second kappa shape index (κ2) is 11.3. The average Bonchev–Trinajstić information content (AvgIpc) is 2.68. The van der Waals surface area contributed by atoms with E-state index in [1.54, 1.807) is 6.07 Å². The number of carbonyl (C=O) groups is 5. The number of rotatable bonds is 7. The number of nitrogens with one attached hydrogen (secondary N) is 2. The topological polar surface area (TPSA) is 146 Å². The van der Waals surface area contributed by atoms with Crippen LogP contribution in [-0.2, 0) is 25.7 Å². The van der Waals surface area contributed by atoms with Crippen LogP contribution in [0.1, 0.15) is 33.3 Å². The minimum Gasteiger partial charge on any atom is -0.423 e. The highest BCUT2D eigenvalue weighted by Crippen LogP contribution is 2.31. The first kappa shape index (κ1) is 24.9. The molecule has 2 aromatic carbocycles. The molecule has 2 aromatic rings. The van der Waals surface area contributed by atoms with Crippen molar-refractivity contribution in [2.24, 2.45) is 0 Å². The zero-order chi connectivity index (χ0) is 24.5. The van der Waals surface area contributed by atoms with E-state index in [1.807, 2.05) is 0 Å². The Morgan fingerprint density at radius 3 is 1.61 bits per heavy atom. The third-order valence-corrected chi connectivity index (χ3v) is 3.68. The fourth-order valence-corrected chi connectivity index (χ4v) is 2.55. The van der Waals surface area contributed by atoms with Crippen LogP contribution in [0.4, 0.5) is 10.5 Å². The molecule has 174 valence electrons. The Morgan fingerprint density at radius 2 is 1.09 bits per heavy atom. The normalized spacial score (nSPS) is 9.94. The van der Waals surface area contributed by atoms with E-state index in [0.29, 0.717) is 5.56 Å². The molecule has 0 bridgehead atoms. The van der Waals surface area contributed by atoms with E-state index in [4.69, 9.17) is 18.9 Å². The van der Waals surface area contributed by atoms with Crippen LogP contribution in [-0.4, -0.2) is 29.9 Å². The van der Waals surface area contributed by atoms with Gasteiger partial charge in [0.05, 0.1) is 0 Å². The molecule has 0 heterocycles. The second-order valence-electron chi connectivity index (χ2n) is 6.62. The lowest BCUT2D eigenvalue weighted by Crippen LogP contribution is -2.28. The van der Waals surface area contributed by atoms with Gasteiger partial charge in [-0.05, 0) is 29.8 Å². The average molecular weight is 458 g/mol. The van der Waals surface area contributed by atoms with Gasteiger partial charge in [-0.3, -0.25) is 19.2 Å². The first-order chi connectivity index (χ1) is 15.5. The summed E-state index contributed by atoms with van der Waals surface area (Å²) in [5.74, 6) is -2.34. The fourth-order valence-electron chi connectivity index (χ4n) is 2.55. The summed E-state index contributed by atoms with van der Waals surface area (Å²) in [5.41, 5.74) is 0.827. The molecule has 0 radical (unpaired) electrons. The Kier molecular flexibility index (Phi) is 8.49. The van der Waals surface area contributed by atoms with E-state index in [-0.39, 0.29) is 35.2 Å². The SMILES string of the molecule is CC(=O)Oc1ccc(CNC(=O)Nc2ccc(OC(C)=O)c(OC(C)=O)c2)cc1OC(C)=O. The Bertz CT molecular complexity index is 1100. The van der Waals surface area contributed by atoms with Gasteiger partial charge in [-0.25, -0.2) is 4.79 Å². The van der Waals surface area contributed by atoms with Crippen molar-refractivity contribution in [3.8, 4) is 23.0 Å². The molecule has 0 unspecified atom stereocenters. The first-order valence-corrected chi connectivity index (χ1v) is 9.59. The smallest absolute Gasteiger partial charge is 0.319 e. The molecule has 11 nitrogen and oxygen atoms in total. The Balaban J connectivity index is 2.08. The molecule has 0 spiro atoms. The van der Waals surface area contributed by atoms with E-state index >= 15 is 0 Å². The van der Waals surface area contributed by atoms with Crippen LogP contribution < -0.4 is 29.6 Å². The van der Waals surface area contributed by atoms with Gasteiger partial charge in [0.1, 0.15) is 0 Å². The van der Waals surface area contributed by atoms with Crippen LogP contribution in [0.2, 0.25) is 0 Å². The number of esters is 4. The summed E-state index contributed by atoms with van der Waals surface area (Å²) in [6.07, 6.45) is 0. The zero-order valence-electron chi connectivity index (χ0n) is 18.3. The minimum absolute atomic E-state index is 0.0227. The van der Waals surface area contributed by atoms with Crippen molar-refractivity contribution in [2.45, 2.75) is 34.2 Å². The van der Waals surface area contributed by atoms with Crippen LogP contribution >= 0.6 is 0 Å². The number of amides is 2. The molecular formula is C22H22N2O9. The predicted octanol–water partition coefficient (Wildman–Crippen LogP) is 2.71. The molecule has 0 aliphatic carbocycles. The molecule has 0 saturated carbocycles. The molecule has 33 heavy (non-hydrogen) atoms. The highest BCUT2D eigenvalue weighted by molar-refractivity contribution is 5.90. The van der Waals surface area contributed by atoms with Crippen LogP contribution in [0.15, 0.2) is 36.4 Å². The highest BCUT2D eigenvalue weighted by atomic mass is 16.6. The van der Waals surface area contributed by atoms with Gasteiger partial charge in [0, 0.05) is 46.0 Å². The summed E-state index contributed by atoms with van der Waals surface area (Å²) in [6, 6.07) is 8.03. The van der Waals surface area contributed by atoms with E-state index in [2.05, 4.69) is 10.6 Å². The van der Waals surface area contributed by atoms with E-state index < -0.39 is 29.9 Å². The predicted molar refractivity (Wildman–Crippen MR) is 114 cm³/mol. The summed E-state index contributed by atoms with van der Waals surface area (Å²) >= 11 is 0. The van der Waals surface area contributed by atoms with Crippen molar-refractivity contribution in [3.05, 3.63) is 42.0 Å². The van der Waals surface area contributed by atoms with E-state index in [0.717, 1.165) is 0 Å². The number of hydrogen-bond donors (Lipinski definition) is 2. The van der Waals surface area contributed by atoms with Crippen molar-refractivity contribution in [3.63, 3.8) is 0 Å². The maximum absolute atomic E-state index is 12.3. The summed E-state index contributed by atoms with van der Waals surface area (Å²) in [7, 11) is 0. The first-order valence-electron chi connectivity index (χ1n) is 9.59. The van der Waals surface area contributed by atoms with Gasteiger partial charge >= 0.3 is 29.9 Å². The van der Waals surface area contributed by atoms with E-state index in [1.165, 1.54) is 58.0 Å². The van der Waals surface area contributed by atoms with E-state index in [9.17, 15) is 24.0 Å². The molecule has 0 atom stereocenters. The third-order valence-electron chi connectivity index (χ3n) is 3.68. The van der Waals surface area contributed by atoms with Gasteiger partial charge in [0.25, 0.3) is 0 Å². The lowest BCUT2D eigenvalue weighted by Gasteiger charge is -2.13. The number of ether oxygens (including phenoxy) is 4. The summed E-state index contributed by atoms with van der Waals surface area (Å²) in [5, 5.41) is 5.16. The Hall–Kier alpha value is -4.41. The van der Waals surface area contributed by atoms with Crippen LogP contribution in [0.25, 0.3) is 0 Å². The van der Waals surface area contributed by atoms with Crippen LogP contribution in [0.3, 0.4) is 0 Å². The van der Waals surface area contributed by atoms with Crippen molar-refractivity contribution in [1.29, 1.82) is 0 Å². The van der Waals surface area contributed by atoms with Crippen molar-refractivity contribution in [2.75, 3.05) is 5.32 Å². The van der Waals surface area contributed by atoms with Crippen molar-refractivity contribution in [1.82, 2.24) is 5.32 Å². The largest absolute Gasteiger partial charge is 0.423 e. The quantitative estimate of drug-likeness (QED) is 0.472. The molecule has 2 rings (SSSR count). The fraction of sp³-hybridized carbons (Fsp3) is 0.227. The molecule has 0 aliphatic heterocycles. The summed E-state index contributed by atoms with van der Waals surface area (Å²) < 4.78 is 20.0. The number of anilines is 1. The molecule has 11 heteroatoms. The molecule has 0 fully saturated rings. The molecule has 0 saturated heterocycles. The second-order valence-corrected chi connectivity index (χ2v) is 6.62. The maximum Gasteiger partial charge on any atom is 0.319 e. The number of urea groups is 1. The Labute approximate surface area is 188 Å². The Morgan fingerprint density at radius 1 is 0.636 bits per heavy atom. The van der Waals surface area contributed by atoms with Crippen molar-refractivity contribution < 1.29 is 42.9 Å². The van der Waals surface area contributed by atoms with Gasteiger partial charge in [-0.1, -0.05) is 6.07 Å². The van der Waals surface area contributed by atoms with Crippen molar-refractivity contribution >= 4 is 35.6 Å². The lowest BCUT2D eigenvalue weighted by atomic mass is 10.2. The highest BCUT2D eigenvalue weighted by Gasteiger charge is 2.14. The molecule has 0 aromatic heterocycles. The maximum atomic E-state index is 12.3. The van der Waals surface area contributed by atoms with Gasteiger partial charge in [-0.15, -0.1) is 0 Å². The lowest BCUT2D eigenvalue weighted by molar-refractivity contribution is -0.134. The van der Waals surface area contributed by atoms with Gasteiger partial charge in [0.15, 0.2) is 23.0 Å². The molecule has 0 aliphatic rings. The number of benzene rings is 2. The zero-order valence-corrected chi connectivity index (χ0v) is 18.3. The minimum atomic E-state index is -0.634. The number of hydrogen-bond acceptors (Lipinski definition) is 9. The number of carbonyl (C=O) groups excluding carboxylic acids is 5. The standard InChI is InChI=1S/C22H22N2O9/c1-12(25)30-18-7-5-16(9-20(18)32-14(3)27)11-23-22(29)24-17-6-8-19(31-13(2)26)21(10-17)33-15(4)28/h5-10H,11H2,1-4H3,(H2,23,24,29). The monoisotopic (exact) mass is 458 g/mol. The van der Waals surface area contributed by atoms with Gasteiger partial charge in [0.2, 0.25) is 0 Å². The van der Waals surface area contributed by atoms with Gasteiger partial charge < -0.3 is 29.6 Å². The van der Waals surface area contributed by atoms with Gasteiger partial charge in [-0.2, -0.15) is 0 Å². The third kappa shape index (κ3) is 8.32. The molecular weight excluding hydrogens is 436 g/mol. The van der Waals surface area contributed by atoms with Crippen LogP contribution in [0.5, 0.6) is 23.0 Å². The summed E-state index contributed by atoms with van der Waals surface area (Å²) in [4.78, 5) is 57.3.